The van der Waals surface area contributed by atoms with Crippen molar-refractivity contribution in [2.45, 2.75) is 31.2 Å². The number of aryl methyl sites for hydroxylation is 2. The van der Waals surface area contributed by atoms with Crippen LogP contribution in [0.2, 0.25) is 0 Å². The smallest absolute Gasteiger partial charge is 0.271 e. The van der Waals surface area contributed by atoms with E-state index in [2.05, 4.69) is 20.4 Å². The molecule has 27 heavy (non-hydrogen) atoms. The van der Waals surface area contributed by atoms with Gasteiger partial charge in [-0.3, -0.25) is 4.79 Å². The Morgan fingerprint density at radius 1 is 1.44 bits per heavy atom. The molecule has 1 N–H and O–H groups in total. The number of imidazole rings is 1. The molecule has 1 saturated heterocycles. The number of carbonyl (C=O) groups excluding carboxylic acids is 1. The van der Waals surface area contributed by atoms with E-state index in [0.29, 0.717) is 36.8 Å². The topological polar surface area (TPSA) is 123 Å². The van der Waals surface area contributed by atoms with Crippen LogP contribution < -0.4 is 5.32 Å². The molecule has 11 heteroatoms. The van der Waals surface area contributed by atoms with E-state index in [0.717, 1.165) is 0 Å². The van der Waals surface area contributed by atoms with Crippen LogP contribution in [-0.4, -0.2) is 63.7 Å². The normalized spacial score (nSPS) is 28.4. The molecule has 3 heterocycles. The fourth-order valence-electron chi connectivity index (χ4n) is 4.31. The Labute approximate surface area is 157 Å². The van der Waals surface area contributed by atoms with Gasteiger partial charge in [-0.1, -0.05) is 5.16 Å². The summed E-state index contributed by atoms with van der Waals surface area (Å²) < 4.78 is 32.8. The third-order valence-corrected chi connectivity index (χ3v) is 6.76. The van der Waals surface area contributed by atoms with Gasteiger partial charge >= 0.3 is 0 Å². The van der Waals surface area contributed by atoms with E-state index in [4.69, 9.17) is 4.52 Å². The second-order valence-corrected chi connectivity index (χ2v) is 9.57. The lowest BCUT2D eigenvalue weighted by Gasteiger charge is -2.24. The van der Waals surface area contributed by atoms with Crippen LogP contribution in [0.4, 0.5) is 0 Å². The fraction of sp³-hybridized carbons (Fsp3) is 0.625. The molecule has 1 aliphatic heterocycles. The highest BCUT2D eigenvalue weighted by Gasteiger charge is 2.59. The summed E-state index contributed by atoms with van der Waals surface area (Å²) in [6.07, 6.45) is 5.63. The molecule has 1 saturated carbocycles. The Hall–Kier alpha value is -2.27. The van der Waals surface area contributed by atoms with Crippen molar-refractivity contribution in [3.05, 3.63) is 29.9 Å². The Morgan fingerprint density at radius 2 is 2.22 bits per heavy atom. The molecule has 2 fully saturated rings. The highest BCUT2D eigenvalue weighted by atomic mass is 32.2. The average molecular weight is 394 g/mol. The lowest BCUT2D eigenvalue weighted by atomic mass is 9.80. The van der Waals surface area contributed by atoms with E-state index in [1.54, 1.807) is 31.1 Å². The molecule has 0 spiro atoms. The monoisotopic (exact) mass is 394 g/mol. The standard InChI is InChI=1S/C16H22N6O4S/c1-10-18-15(26-20-10)16-5-12(19-14(23)13-7-21(2)9-17-13)4-11(16)6-22(8-16)27(3,24)25/h7,9,11-12H,4-6,8H2,1-3H3,(H,19,23)/t11?,12-,16+/m1/s1. The number of aromatic nitrogens is 4. The molecule has 2 aliphatic rings. The minimum atomic E-state index is -3.32. The molecule has 10 nitrogen and oxygen atoms in total. The first kappa shape index (κ1) is 18.1. The van der Waals surface area contributed by atoms with Gasteiger partial charge in [-0.2, -0.15) is 4.98 Å². The molecular weight excluding hydrogens is 372 g/mol. The third kappa shape index (κ3) is 3.14. The molecule has 3 atom stereocenters. The second kappa shape index (κ2) is 6.13. The third-order valence-electron chi connectivity index (χ3n) is 5.54. The Morgan fingerprint density at radius 3 is 2.81 bits per heavy atom. The maximum absolute atomic E-state index is 12.5. The number of rotatable bonds is 4. The number of amides is 1. The quantitative estimate of drug-likeness (QED) is 0.764. The molecule has 2 aromatic heterocycles. The predicted octanol–water partition coefficient (Wildman–Crippen LogP) is -0.167. The van der Waals surface area contributed by atoms with Gasteiger partial charge in [0.1, 0.15) is 5.69 Å². The van der Waals surface area contributed by atoms with Crippen molar-refractivity contribution < 1.29 is 17.7 Å². The van der Waals surface area contributed by atoms with Crippen LogP contribution in [0.5, 0.6) is 0 Å². The highest BCUT2D eigenvalue weighted by molar-refractivity contribution is 7.88. The highest BCUT2D eigenvalue weighted by Crippen LogP contribution is 2.50. The SMILES string of the molecule is Cc1noc([C@]23C[C@H](NC(=O)c4cn(C)cn4)CC2CN(S(C)(=O)=O)C3)n1. The van der Waals surface area contributed by atoms with Gasteiger partial charge in [-0.25, -0.2) is 17.7 Å². The molecular formula is C16H22N6O4S. The first-order chi connectivity index (χ1) is 12.7. The minimum Gasteiger partial charge on any atom is -0.348 e. The maximum Gasteiger partial charge on any atom is 0.271 e. The van der Waals surface area contributed by atoms with Crippen molar-refractivity contribution >= 4 is 15.9 Å². The first-order valence-electron chi connectivity index (χ1n) is 8.72. The van der Waals surface area contributed by atoms with E-state index >= 15 is 0 Å². The zero-order chi connectivity index (χ0) is 19.4. The Balaban J connectivity index is 1.58. The summed E-state index contributed by atoms with van der Waals surface area (Å²) in [5.41, 5.74) is -0.220. The van der Waals surface area contributed by atoms with E-state index in [1.807, 2.05) is 0 Å². The van der Waals surface area contributed by atoms with E-state index in [9.17, 15) is 13.2 Å². The van der Waals surface area contributed by atoms with Crippen LogP contribution in [0.1, 0.15) is 35.0 Å². The molecule has 1 aliphatic carbocycles. The summed E-state index contributed by atoms with van der Waals surface area (Å²) in [6, 6.07) is -0.113. The van der Waals surface area contributed by atoms with Crippen LogP contribution in [-0.2, 0) is 22.5 Å². The fourth-order valence-corrected chi connectivity index (χ4v) is 5.22. The van der Waals surface area contributed by atoms with E-state index in [1.165, 1.54) is 10.6 Å². The van der Waals surface area contributed by atoms with Crippen molar-refractivity contribution in [2.75, 3.05) is 19.3 Å². The second-order valence-electron chi connectivity index (χ2n) is 7.59. The number of nitrogens with one attached hydrogen (secondary N) is 1. The van der Waals surface area contributed by atoms with Gasteiger partial charge in [0.25, 0.3) is 5.91 Å². The van der Waals surface area contributed by atoms with Gasteiger partial charge in [0.05, 0.1) is 18.0 Å². The molecule has 4 rings (SSSR count). The predicted molar refractivity (Wildman–Crippen MR) is 94.3 cm³/mol. The van der Waals surface area contributed by atoms with Gasteiger partial charge in [-0.05, 0) is 25.7 Å². The zero-order valence-electron chi connectivity index (χ0n) is 15.4. The minimum absolute atomic E-state index is 0.00103. The van der Waals surface area contributed by atoms with Crippen LogP contribution in [0.3, 0.4) is 0 Å². The summed E-state index contributed by atoms with van der Waals surface area (Å²) in [5, 5.41) is 6.91. The summed E-state index contributed by atoms with van der Waals surface area (Å²) in [4.78, 5) is 20.9. The molecule has 1 amide bonds. The summed E-state index contributed by atoms with van der Waals surface area (Å²) in [5.74, 6) is 0.723. The number of hydrogen-bond acceptors (Lipinski definition) is 7. The molecule has 1 unspecified atom stereocenters. The molecule has 0 bridgehead atoms. The van der Waals surface area contributed by atoms with Crippen molar-refractivity contribution in [3.8, 4) is 0 Å². The molecule has 0 aromatic carbocycles. The lowest BCUT2D eigenvalue weighted by molar-refractivity contribution is 0.0930. The number of carbonyl (C=O) groups is 1. The van der Waals surface area contributed by atoms with Crippen LogP contribution in [0.25, 0.3) is 0 Å². The van der Waals surface area contributed by atoms with Crippen molar-refractivity contribution in [1.82, 2.24) is 29.3 Å². The molecule has 146 valence electrons. The van der Waals surface area contributed by atoms with E-state index in [-0.39, 0.29) is 24.4 Å². The van der Waals surface area contributed by atoms with Gasteiger partial charge in [0.15, 0.2) is 5.82 Å². The van der Waals surface area contributed by atoms with Crippen LogP contribution >= 0.6 is 0 Å². The number of nitrogens with zero attached hydrogens (tertiary/aromatic N) is 5. The molecule has 2 aromatic rings. The first-order valence-corrected chi connectivity index (χ1v) is 10.6. The average Bonchev–Trinajstić information content (AvgIpc) is 3.29. The van der Waals surface area contributed by atoms with Crippen molar-refractivity contribution in [1.29, 1.82) is 0 Å². The number of sulfonamides is 1. The number of fused-ring (bicyclic) bond motifs is 1. The van der Waals surface area contributed by atoms with Gasteiger partial charge in [0.2, 0.25) is 15.9 Å². The van der Waals surface area contributed by atoms with Crippen molar-refractivity contribution in [2.24, 2.45) is 13.0 Å². The number of hydrogen-bond donors (Lipinski definition) is 1. The zero-order valence-corrected chi connectivity index (χ0v) is 16.2. The van der Waals surface area contributed by atoms with Gasteiger partial charge < -0.3 is 14.4 Å². The van der Waals surface area contributed by atoms with Crippen LogP contribution in [0.15, 0.2) is 17.0 Å². The van der Waals surface area contributed by atoms with Gasteiger partial charge in [0, 0.05) is 32.4 Å². The Kier molecular flexibility index (Phi) is 4.11. The Bertz CT molecular complexity index is 983. The van der Waals surface area contributed by atoms with Crippen LogP contribution in [0, 0.1) is 12.8 Å². The van der Waals surface area contributed by atoms with E-state index < -0.39 is 15.4 Å². The summed E-state index contributed by atoms with van der Waals surface area (Å²) in [7, 11) is -1.52. The molecule has 0 radical (unpaired) electrons. The lowest BCUT2D eigenvalue weighted by Crippen LogP contribution is -2.39. The van der Waals surface area contributed by atoms with Gasteiger partial charge in [-0.15, -0.1) is 0 Å². The van der Waals surface area contributed by atoms with Crippen molar-refractivity contribution in [3.63, 3.8) is 0 Å². The summed E-state index contributed by atoms with van der Waals surface area (Å²) in [6.45, 7) is 2.40. The summed E-state index contributed by atoms with van der Waals surface area (Å²) >= 11 is 0. The maximum atomic E-state index is 12.5. The largest absolute Gasteiger partial charge is 0.348 e.